The zero-order valence-electron chi connectivity index (χ0n) is 7.09. The molecule has 2 nitrogen and oxygen atoms in total. The molecule has 0 fully saturated rings. The van der Waals surface area contributed by atoms with Crippen molar-refractivity contribution in [3.63, 3.8) is 0 Å². The van der Waals surface area contributed by atoms with E-state index in [0.717, 1.165) is 16.5 Å². The molecule has 1 aliphatic rings. The van der Waals surface area contributed by atoms with Crippen LogP contribution < -0.4 is 11.1 Å². The molecular formula is C9H11ClN2S. The van der Waals surface area contributed by atoms with Gasteiger partial charge in [0.05, 0.1) is 0 Å². The van der Waals surface area contributed by atoms with Crippen LogP contribution >= 0.6 is 23.4 Å². The van der Waals surface area contributed by atoms with Gasteiger partial charge >= 0.3 is 0 Å². The molecule has 70 valence electrons. The number of nitrogens with two attached hydrogens (primary N) is 1. The maximum Gasteiger partial charge on any atom is 0.0496 e. The molecule has 0 spiro atoms. The number of halogens is 1. The Kier molecular flexibility index (Phi) is 2.67. The Morgan fingerprint density at radius 2 is 2.46 bits per heavy atom. The third-order valence-electron chi connectivity index (χ3n) is 2.03. The van der Waals surface area contributed by atoms with E-state index in [1.165, 1.54) is 4.90 Å². The average molecular weight is 215 g/mol. The van der Waals surface area contributed by atoms with Crippen molar-refractivity contribution in [3.05, 3.63) is 23.2 Å². The molecule has 0 saturated heterocycles. The Hall–Kier alpha value is -0.380. The van der Waals surface area contributed by atoms with E-state index in [-0.39, 0.29) is 0 Å². The van der Waals surface area contributed by atoms with E-state index < -0.39 is 0 Å². The monoisotopic (exact) mass is 214 g/mol. The smallest absolute Gasteiger partial charge is 0.0496 e. The van der Waals surface area contributed by atoms with E-state index in [1.807, 2.05) is 30.0 Å². The summed E-state index contributed by atoms with van der Waals surface area (Å²) < 4.78 is 0. The predicted octanol–water partition coefficient (Wildman–Crippen LogP) is 2.18. The largest absolute Gasteiger partial charge is 0.379 e. The third-order valence-corrected chi connectivity index (χ3v) is 3.50. The van der Waals surface area contributed by atoms with Crippen LogP contribution in [-0.4, -0.2) is 18.3 Å². The molecule has 1 unspecified atom stereocenters. The lowest BCUT2D eigenvalue weighted by Crippen LogP contribution is -2.33. The zero-order valence-corrected chi connectivity index (χ0v) is 8.66. The van der Waals surface area contributed by atoms with Gasteiger partial charge in [0.15, 0.2) is 0 Å². The number of benzene rings is 1. The van der Waals surface area contributed by atoms with Crippen LogP contribution in [0.3, 0.4) is 0 Å². The molecule has 13 heavy (non-hydrogen) atoms. The summed E-state index contributed by atoms with van der Waals surface area (Å²) in [6.07, 6.45) is 0. The minimum Gasteiger partial charge on any atom is -0.379 e. The van der Waals surface area contributed by atoms with Gasteiger partial charge in [0.25, 0.3) is 0 Å². The van der Waals surface area contributed by atoms with Crippen LogP contribution in [0.2, 0.25) is 5.02 Å². The van der Waals surface area contributed by atoms with Gasteiger partial charge in [0.2, 0.25) is 0 Å². The van der Waals surface area contributed by atoms with E-state index in [2.05, 4.69) is 5.32 Å². The summed E-state index contributed by atoms with van der Waals surface area (Å²) in [5.41, 5.74) is 6.70. The number of hydrogen-bond donors (Lipinski definition) is 2. The van der Waals surface area contributed by atoms with Crippen LogP contribution in [0.4, 0.5) is 5.69 Å². The molecule has 0 radical (unpaired) electrons. The van der Waals surface area contributed by atoms with Crippen LogP contribution in [0.5, 0.6) is 0 Å². The maximum atomic E-state index is 5.89. The van der Waals surface area contributed by atoms with Crippen molar-refractivity contribution in [1.29, 1.82) is 0 Å². The predicted molar refractivity (Wildman–Crippen MR) is 58.6 cm³/mol. The molecule has 1 heterocycles. The molecule has 1 atom stereocenters. The second-order valence-electron chi connectivity index (χ2n) is 3.03. The molecule has 4 heteroatoms. The highest BCUT2D eigenvalue weighted by atomic mass is 35.5. The van der Waals surface area contributed by atoms with Gasteiger partial charge in [0.1, 0.15) is 0 Å². The second kappa shape index (κ2) is 3.78. The standard InChI is InChI=1S/C9H11ClN2S/c10-6-1-2-9-8(3-6)12-7(4-11)5-13-9/h1-3,7,12H,4-5,11H2. The molecular weight excluding hydrogens is 204 g/mol. The summed E-state index contributed by atoms with van der Waals surface area (Å²) in [6, 6.07) is 6.28. The quantitative estimate of drug-likeness (QED) is 0.753. The lowest BCUT2D eigenvalue weighted by Gasteiger charge is -2.25. The van der Waals surface area contributed by atoms with Crippen molar-refractivity contribution in [1.82, 2.24) is 0 Å². The second-order valence-corrected chi connectivity index (χ2v) is 4.53. The molecule has 0 aromatic heterocycles. The Morgan fingerprint density at radius 1 is 1.62 bits per heavy atom. The Morgan fingerprint density at radius 3 is 3.23 bits per heavy atom. The molecule has 2 rings (SSSR count). The first-order valence-corrected chi connectivity index (χ1v) is 5.55. The third kappa shape index (κ3) is 1.93. The molecule has 0 saturated carbocycles. The summed E-state index contributed by atoms with van der Waals surface area (Å²) in [7, 11) is 0. The van der Waals surface area contributed by atoms with Gasteiger partial charge in [-0.2, -0.15) is 0 Å². The van der Waals surface area contributed by atoms with E-state index in [0.29, 0.717) is 12.6 Å². The van der Waals surface area contributed by atoms with E-state index in [4.69, 9.17) is 17.3 Å². The Balaban J connectivity index is 2.27. The summed E-state index contributed by atoms with van der Waals surface area (Å²) in [4.78, 5) is 1.26. The van der Waals surface area contributed by atoms with Gasteiger partial charge in [-0.05, 0) is 18.2 Å². The molecule has 0 amide bonds. The number of nitrogens with one attached hydrogen (secondary N) is 1. The topological polar surface area (TPSA) is 38.0 Å². The zero-order chi connectivity index (χ0) is 9.26. The van der Waals surface area contributed by atoms with Gasteiger partial charge in [-0.1, -0.05) is 11.6 Å². The first-order valence-electron chi connectivity index (χ1n) is 4.18. The molecule has 1 aromatic carbocycles. The summed E-state index contributed by atoms with van der Waals surface area (Å²) in [5.74, 6) is 1.03. The fraction of sp³-hybridized carbons (Fsp3) is 0.333. The fourth-order valence-electron chi connectivity index (χ4n) is 1.32. The normalized spacial score (nSPS) is 20.6. The number of thioether (sulfide) groups is 1. The molecule has 1 aliphatic heterocycles. The van der Waals surface area contributed by atoms with Crippen LogP contribution in [-0.2, 0) is 0 Å². The van der Waals surface area contributed by atoms with Crippen molar-refractivity contribution in [3.8, 4) is 0 Å². The number of anilines is 1. The summed E-state index contributed by atoms with van der Waals surface area (Å²) in [6.45, 7) is 0.666. The van der Waals surface area contributed by atoms with Gasteiger partial charge in [-0.15, -0.1) is 11.8 Å². The van der Waals surface area contributed by atoms with Crippen molar-refractivity contribution < 1.29 is 0 Å². The molecule has 0 aliphatic carbocycles. The van der Waals surface area contributed by atoms with Crippen LogP contribution in [0, 0.1) is 0 Å². The minimum atomic E-state index is 0.371. The van der Waals surface area contributed by atoms with Crippen LogP contribution in [0.1, 0.15) is 0 Å². The number of fused-ring (bicyclic) bond motifs is 1. The molecule has 0 bridgehead atoms. The highest BCUT2D eigenvalue weighted by Gasteiger charge is 2.16. The minimum absolute atomic E-state index is 0.371. The average Bonchev–Trinajstić information content (AvgIpc) is 2.16. The highest BCUT2D eigenvalue weighted by Crippen LogP contribution is 2.34. The Labute approximate surface area is 86.8 Å². The number of rotatable bonds is 1. The van der Waals surface area contributed by atoms with Gasteiger partial charge in [-0.3, -0.25) is 0 Å². The van der Waals surface area contributed by atoms with Gasteiger partial charge < -0.3 is 11.1 Å². The highest BCUT2D eigenvalue weighted by molar-refractivity contribution is 7.99. The van der Waals surface area contributed by atoms with Gasteiger partial charge in [-0.25, -0.2) is 0 Å². The lowest BCUT2D eigenvalue weighted by atomic mass is 10.2. The van der Waals surface area contributed by atoms with Crippen molar-refractivity contribution in [2.45, 2.75) is 10.9 Å². The van der Waals surface area contributed by atoms with E-state index in [9.17, 15) is 0 Å². The maximum absolute atomic E-state index is 5.89. The van der Waals surface area contributed by atoms with E-state index >= 15 is 0 Å². The van der Waals surface area contributed by atoms with Crippen molar-refractivity contribution >= 4 is 29.1 Å². The summed E-state index contributed by atoms with van der Waals surface area (Å²) >= 11 is 7.72. The lowest BCUT2D eigenvalue weighted by molar-refractivity contribution is 0.803. The first-order chi connectivity index (χ1) is 6.29. The summed E-state index contributed by atoms with van der Waals surface area (Å²) in [5, 5.41) is 4.13. The van der Waals surface area contributed by atoms with Crippen LogP contribution in [0.25, 0.3) is 0 Å². The SMILES string of the molecule is NCC1CSc2ccc(Cl)cc2N1. The van der Waals surface area contributed by atoms with E-state index in [1.54, 1.807) is 0 Å². The Bertz CT molecular complexity index is 316. The van der Waals surface area contributed by atoms with Crippen LogP contribution in [0.15, 0.2) is 23.1 Å². The van der Waals surface area contributed by atoms with Gasteiger partial charge in [0, 0.05) is 33.9 Å². The first kappa shape index (κ1) is 9.19. The van der Waals surface area contributed by atoms with Crippen molar-refractivity contribution in [2.24, 2.45) is 5.73 Å². The van der Waals surface area contributed by atoms with Crippen molar-refractivity contribution in [2.75, 3.05) is 17.6 Å². The molecule has 1 aromatic rings. The molecule has 3 N–H and O–H groups in total. The number of hydrogen-bond acceptors (Lipinski definition) is 3. The fourth-order valence-corrected chi connectivity index (χ4v) is 2.53.